The van der Waals surface area contributed by atoms with Gasteiger partial charge >= 0.3 is 5.76 Å². The Labute approximate surface area is 170 Å². The van der Waals surface area contributed by atoms with Crippen molar-refractivity contribution in [3.8, 4) is 0 Å². The second-order valence-corrected chi connectivity index (χ2v) is 9.09. The Hall–Kier alpha value is -3.37. The minimum Gasteiger partial charge on any atom is -0.408 e. The minimum absolute atomic E-state index is 0.0513. The highest BCUT2D eigenvalue weighted by atomic mass is 32.2. The van der Waals surface area contributed by atoms with Gasteiger partial charge in [-0.05, 0) is 36.4 Å². The van der Waals surface area contributed by atoms with Gasteiger partial charge in [0.05, 0.1) is 10.4 Å². The lowest BCUT2D eigenvalue weighted by molar-refractivity contribution is 0.0698. The maximum absolute atomic E-state index is 13.0. The van der Waals surface area contributed by atoms with Gasteiger partial charge in [-0.3, -0.25) is 9.78 Å². The predicted octanol–water partition coefficient (Wildman–Crippen LogP) is 1.75. The molecule has 30 heavy (non-hydrogen) atoms. The number of nitrogens with zero attached hydrogens (tertiary/aromatic N) is 2. The Morgan fingerprint density at radius 1 is 0.967 bits per heavy atom. The predicted molar refractivity (Wildman–Crippen MR) is 110 cm³/mol. The number of fused-ring (bicyclic) bond motifs is 2. The van der Waals surface area contributed by atoms with Gasteiger partial charge < -0.3 is 14.3 Å². The first-order valence-electron chi connectivity index (χ1n) is 9.41. The molecule has 0 aliphatic carbocycles. The number of nitrogens with one attached hydrogen (secondary N) is 2. The number of carbonyl (C=O) groups excluding carboxylic acids is 1. The Morgan fingerprint density at radius 3 is 2.53 bits per heavy atom. The van der Waals surface area contributed by atoms with Gasteiger partial charge in [-0.15, -0.1) is 0 Å². The summed E-state index contributed by atoms with van der Waals surface area (Å²) in [4.78, 5) is 31.4. The first-order chi connectivity index (χ1) is 14.4. The summed E-state index contributed by atoms with van der Waals surface area (Å²) in [5.74, 6) is -0.754. The smallest absolute Gasteiger partial charge is 0.408 e. The van der Waals surface area contributed by atoms with Crippen molar-refractivity contribution in [2.75, 3.05) is 26.2 Å². The van der Waals surface area contributed by atoms with Crippen LogP contribution in [-0.4, -0.2) is 59.7 Å². The molecule has 0 bridgehead atoms. The van der Waals surface area contributed by atoms with Gasteiger partial charge in [0.15, 0.2) is 5.58 Å². The molecule has 2 N–H and O–H groups in total. The summed E-state index contributed by atoms with van der Waals surface area (Å²) in [6.07, 6.45) is 1.82. The van der Waals surface area contributed by atoms with Crippen LogP contribution in [0.5, 0.6) is 0 Å². The van der Waals surface area contributed by atoms with Gasteiger partial charge in [0.2, 0.25) is 10.0 Å². The van der Waals surface area contributed by atoms with E-state index in [4.69, 9.17) is 4.42 Å². The van der Waals surface area contributed by atoms with Crippen molar-refractivity contribution in [3.05, 3.63) is 64.8 Å². The third-order valence-corrected chi connectivity index (χ3v) is 7.25. The largest absolute Gasteiger partial charge is 0.417 e. The molecule has 9 nitrogen and oxygen atoms in total. The Morgan fingerprint density at radius 2 is 1.73 bits per heavy atom. The molecule has 0 unspecified atom stereocenters. The van der Waals surface area contributed by atoms with E-state index in [9.17, 15) is 18.0 Å². The Bertz CT molecular complexity index is 1420. The van der Waals surface area contributed by atoms with Crippen LogP contribution < -0.4 is 5.76 Å². The fraction of sp³-hybridized carbons (Fsp3) is 0.200. The third kappa shape index (κ3) is 3.10. The number of H-pyrrole nitrogens is 2. The van der Waals surface area contributed by atoms with Crippen LogP contribution in [-0.2, 0) is 10.0 Å². The highest BCUT2D eigenvalue weighted by molar-refractivity contribution is 7.89. The number of oxazole rings is 1. The van der Waals surface area contributed by atoms with E-state index in [1.807, 2.05) is 24.4 Å². The fourth-order valence-corrected chi connectivity index (χ4v) is 5.17. The first kappa shape index (κ1) is 18.6. The number of amides is 1. The number of piperazine rings is 1. The molecule has 1 fully saturated rings. The fourth-order valence-electron chi connectivity index (χ4n) is 3.74. The molecule has 4 aromatic rings. The number of sulfonamides is 1. The summed E-state index contributed by atoms with van der Waals surface area (Å²) in [5, 5.41) is 0.953. The molecule has 10 heteroatoms. The minimum atomic E-state index is -3.76. The molecule has 154 valence electrons. The normalized spacial score (nSPS) is 15.8. The van der Waals surface area contributed by atoms with Crippen LogP contribution in [0.15, 0.2) is 62.8 Å². The van der Waals surface area contributed by atoms with E-state index in [1.165, 1.54) is 22.5 Å². The lowest BCUT2D eigenvalue weighted by atomic mass is 10.1. The van der Waals surface area contributed by atoms with Crippen LogP contribution in [0.1, 0.15) is 10.4 Å². The summed E-state index contributed by atoms with van der Waals surface area (Å²) in [6.45, 7) is 0.973. The zero-order chi connectivity index (χ0) is 20.9. The summed E-state index contributed by atoms with van der Waals surface area (Å²) in [5.41, 5.74) is 2.16. The average Bonchev–Trinajstić information content (AvgIpc) is 3.37. The molecule has 0 spiro atoms. The molecule has 0 radical (unpaired) electrons. The maximum Gasteiger partial charge on any atom is 0.417 e. The maximum atomic E-state index is 13.0. The van der Waals surface area contributed by atoms with Crippen LogP contribution >= 0.6 is 0 Å². The van der Waals surface area contributed by atoms with Crippen LogP contribution in [0.4, 0.5) is 0 Å². The lowest BCUT2D eigenvalue weighted by Crippen LogP contribution is -2.50. The highest BCUT2D eigenvalue weighted by Gasteiger charge is 2.31. The second kappa shape index (κ2) is 6.85. The number of aromatic amines is 2. The lowest BCUT2D eigenvalue weighted by Gasteiger charge is -2.34. The van der Waals surface area contributed by atoms with Crippen LogP contribution in [0.2, 0.25) is 0 Å². The number of carbonyl (C=O) groups is 1. The number of aromatic nitrogens is 2. The molecule has 0 atom stereocenters. The molecule has 2 aromatic heterocycles. The topological polar surface area (TPSA) is 119 Å². The van der Waals surface area contributed by atoms with Crippen LogP contribution in [0.25, 0.3) is 22.0 Å². The van der Waals surface area contributed by atoms with E-state index in [1.54, 1.807) is 11.0 Å². The molecule has 1 aliphatic rings. The van der Waals surface area contributed by atoms with E-state index in [-0.39, 0.29) is 29.5 Å². The zero-order valence-corrected chi connectivity index (χ0v) is 16.6. The summed E-state index contributed by atoms with van der Waals surface area (Å²) in [7, 11) is -3.76. The number of hydrogen-bond donors (Lipinski definition) is 2. The van der Waals surface area contributed by atoms with Crippen molar-refractivity contribution in [1.29, 1.82) is 0 Å². The Kier molecular flexibility index (Phi) is 4.26. The van der Waals surface area contributed by atoms with Crippen molar-refractivity contribution in [1.82, 2.24) is 19.2 Å². The number of hydrogen-bond acceptors (Lipinski definition) is 5. The molecular weight excluding hydrogens is 408 g/mol. The third-order valence-electron chi connectivity index (χ3n) is 5.36. The van der Waals surface area contributed by atoms with Crippen molar-refractivity contribution in [3.63, 3.8) is 0 Å². The first-order valence-corrected chi connectivity index (χ1v) is 10.9. The van der Waals surface area contributed by atoms with Gasteiger partial charge in [-0.1, -0.05) is 0 Å². The molecule has 2 aromatic carbocycles. The van der Waals surface area contributed by atoms with Gasteiger partial charge in [-0.25, -0.2) is 13.2 Å². The number of benzene rings is 2. The monoisotopic (exact) mass is 426 g/mol. The molecule has 1 aliphatic heterocycles. The molecule has 1 amide bonds. The molecule has 1 saturated heterocycles. The summed E-state index contributed by atoms with van der Waals surface area (Å²) >= 11 is 0. The standard InChI is InChI=1S/C20H18N4O5S/c25-19(14-1-3-16-13(11-14)5-6-21-16)23-7-9-24(10-8-23)30(27,28)15-2-4-17-18(12-15)29-20(26)22-17/h1-6,11-12,21H,7-10H2,(H,22,26). The van der Waals surface area contributed by atoms with Gasteiger partial charge in [0.1, 0.15) is 0 Å². The number of rotatable bonds is 3. The quantitative estimate of drug-likeness (QED) is 0.517. The van der Waals surface area contributed by atoms with E-state index in [2.05, 4.69) is 9.97 Å². The molecule has 3 heterocycles. The van der Waals surface area contributed by atoms with Gasteiger partial charge in [0, 0.05) is 54.9 Å². The van der Waals surface area contributed by atoms with Crippen LogP contribution in [0.3, 0.4) is 0 Å². The van der Waals surface area contributed by atoms with E-state index in [0.29, 0.717) is 24.2 Å². The van der Waals surface area contributed by atoms with Crippen molar-refractivity contribution in [2.24, 2.45) is 0 Å². The van der Waals surface area contributed by atoms with Crippen molar-refractivity contribution >= 4 is 37.9 Å². The second-order valence-electron chi connectivity index (χ2n) is 7.15. The van der Waals surface area contributed by atoms with Crippen molar-refractivity contribution < 1.29 is 17.6 Å². The van der Waals surface area contributed by atoms with E-state index >= 15 is 0 Å². The van der Waals surface area contributed by atoms with Crippen molar-refractivity contribution in [2.45, 2.75) is 4.90 Å². The zero-order valence-electron chi connectivity index (χ0n) is 15.8. The average molecular weight is 426 g/mol. The van der Waals surface area contributed by atoms with Crippen LogP contribution in [0, 0.1) is 0 Å². The van der Waals surface area contributed by atoms with E-state index < -0.39 is 15.8 Å². The highest BCUT2D eigenvalue weighted by Crippen LogP contribution is 2.22. The SMILES string of the molecule is O=C(c1ccc2[nH]ccc2c1)N1CCN(S(=O)(=O)c2ccc3[nH]c(=O)oc3c2)CC1. The Balaban J connectivity index is 1.32. The van der Waals surface area contributed by atoms with Gasteiger partial charge in [-0.2, -0.15) is 4.31 Å². The molecule has 0 saturated carbocycles. The summed E-state index contributed by atoms with van der Waals surface area (Å²) < 4.78 is 32.3. The summed E-state index contributed by atoms with van der Waals surface area (Å²) in [6, 6.07) is 11.6. The molecule has 5 rings (SSSR count). The van der Waals surface area contributed by atoms with Gasteiger partial charge in [0.25, 0.3) is 5.91 Å². The molecular formula is C20H18N4O5S. The van der Waals surface area contributed by atoms with E-state index in [0.717, 1.165) is 10.9 Å².